The van der Waals surface area contributed by atoms with E-state index in [4.69, 9.17) is 14.2 Å². The van der Waals surface area contributed by atoms with Crippen LogP contribution in [-0.4, -0.2) is 100 Å². The minimum atomic E-state index is -1.57. The summed E-state index contributed by atoms with van der Waals surface area (Å²) in [5.41, 5.74) is 0. The average Bonchev–Trinajstić information content (AvgIpc) is 3.50. The van der Waals surface area contributed by atoms with Gasteiger partial charge in [0.2, 0.25) is 5.91 Å². The van der Waals surface area contributed by atoms with Gasteiger partial charge in [-0.3, -0.25) is 9.59 Å². The fourth-order valence-electron chi connectivity index (χ4n) is 11.2. The van der Waals surface area contributed by atoms with Gasteiger partial charge in [0.05, 0.1) is 32.0 Å². The van der Waals surface area contributed by atoms with Crippen LogP contribution >= 0.6 is 0 Å². The molecule has 6 N–H and O–H groups in total. The van der Waals surface area contributed by atoms with E-state index in [9.17, 15) is 35.1 Å². The molecule has 84 heavy (non-hydrogen) atoms. The number of allylic oxidation sites excluding steroid dienone is 7. The maximum Gasteiger partial charge on any atom is 0.305 e. The first kappa shape index (κ1) is 79.6. The normalized spacial score (nSPS) is 18.3. The predicted molar refractivity (Wildman–Crippen MR) is 352 cm³/mol. The predicted octanol–water partition coefficient (Wildman–Crippen LogP) is 18.4. The van der Waals surface area contributed by atoms with Crippen molar-refractivity contribution >= 4 is 11.9 Å². The fourth-order valence-corrected chi connectivity index (χ4v) is 11.2. The lowest BCUT2D eigenvalue weighted by atomic mass is 9.99. The number of unbranched alkanes of at least 4 members (excludes halogenated alkanes) is 43. The number of hydrogen-bond donors (Lipinski definition) is 6. The number of rotatable bonds is 63. The number of ether oxygens (including phenoxy) is 3. The zero-order valence-electron chi connectivity index (χ0n) is 54.6. The molecule has 7 atom stereocenters. The van der Waals surface area contributed by atoms with Gasteiger partial charge in [-0.05, 0) is 89.9 Å². The van der Waals surface area contributed by atoms with Crippen molar-refractivity contribution in [3.63, 3.8) is 0 Å². The van der Waals surface area contributed by atoms with E-state index in [0.29, 0.717) is 19.4 Å². The van der Waals surface area contributed by atoms with Gasteiger partial charge in [-0.1, -0.05) is 287 Å². The Bertz CT molecular complexity index is 1530. The van der Waals surface area contributed by atoms with E-state index in [1.807, 2.05) is 6.08 Å². The number of hydrogen-bond acceptors (Lipinski definition) is 10. The topological polar surface area (TPSA) is 175 Å². The smallest absolute Gasteiger partial charge is 0.305 e. The lowest BCUT2D eigenvalue weighted by Crippen LogP contribution is -2.60. The molecule has 1 aliphatic heterocycles. The highest BCUT2D eigenvalue weighted by molar-refractivity contribution is 5.76. The van der Waals surface area contributed by atoms with Gasteiger partial charge in [0.1, 0.15) is 24.4 Å². The molecule has 7 unspecified atom stereocenters. The molecule has 1 saturated heterocycles. The van der Waals surface area contributed by atoms with E-state index >= 15 is 0 Å². The molecular formula is C73H135NO10. The van der Waals surface area contributed by atoms with Crippen molar-refractivity contribution in [2.45, 2.75) is 384 Å². The molecule has 1 aliphatic rings. The van der Waals surface area contributed by atoms with Crippen LogP contribution in [0, 0.1) is 0 Å². The van der Waals surface area contributed by atoms with Crippen LogP contribution in [0.4, 0.5) is 0 Å². The van der Waals surface area contributed by atoms with E-state index in [-0.39, 0.29) is 18.5 Å². The molecule has 11 nitrogen and oxygen atoms in total. The second kappa shape index (κ2) is 62.2. The quantitative estimate of drug-likeness (QED) is 0.0195. The Labute approximate surface area is 516 Å². The van der Waals surface area contributed by atoms with Gasteiger partial charge in [0.15, 0.2) is 6.29 Å². The van der Waals surface area contributed by atoms with Crippen molar-refractivity contribution in [3.05, 3.63) is 48.6 Å². The van der Waals surface area contributed by atoms with Gasteiger partial charge >= 0.3 is 5.97 Å². The summed E-state index contributed by atoms with van der Waals surface area (Å²) in [4.78, 5) is 25.1. The Kier molecular flexibility index (Phi) is 59.0. The van der Waals surface area contributed by atoms with Crippen molar-refractivity contribution in [2.24, 2.45) is 0 Å². The highest BCUT2D eigenvalue weighted by Gasteiger charge is 2.44. The van der Waals surface area contributed by atoms with Crippen molar-refractivity contribution in [1.82, 2.24) is 5.32 Å². The third-order valence-corrected chi connectivity index (χ3v) is 16.9. The summed E-state index contributed by atoms with van der Waals surface area (Å²) in [6.07, 6.45) is 71.1. The van der Waals surface area contributed by atoms with Gasteiger partial charge < -0.3 is 45.1 Å². The summed E-state index contributed by atoms with van der Waals surface area (Å²) >= 11 is 0. The van der Waals surface area contributed by atoms with E-state index in [2.05, 4.69) is 55.6 Å². The fraction of sp³-hybridized carbons (Fsp3) is 0.863. The second-order valence-electron chi connectivity index (χ2n) is 24.9. The SMILES string of the molecule is CCCCC/C=C\CCCCCCCC(=O)OCCCCCCCCCCC/C=C\C/C=C\CCCCCCCCCCCCCCCCCCCC(=O)NC(COC1OC(CO)C(O)C(O)C1O)C(O)/C=C/CCCCCCCCCCC. The minimum Gasteiger partial charge on any atom is -0.466 e. The van der Waals surface area contributed by atoms with Crippen LogP contribution in [-0.2, 0) is 23.8 Å². The molecule has 492 valence electrons. The zero-order chi connectivity index (χ0) is 60.9. The molecule has 11 heteroatoms. The van der Waals surface area contributed by atoms with Gasteiger partial charge in [-0.2, -0.15) is 0 Å². The molecule has 1 fully saturated rings. The molecule has 1 heterocycles. The number of aliphatic hydroxyl groups excluding tert-OH is 5. The Balaban J connectivity index is 1.94. The third-order valence-electron chi connectivity index (χ3n) is 16.9. The molecule has 1 rings (SSSR count). The first-order chi connectivity index (χ1) is 41.2. The molecule has 0 saturated carbocycles. The van der Waals surface area contributed by atoms with Crippen molar-refractivity contribution < 1.29 is 49.3 Å². The van der Waals surface area contributed by atoms with Crippen LogP contribution in [0.15, 0.2) is 48.6 Å². The van der Waals surface area contributed by atoms with Crippen molar-refractivity contribution in [3.8, 4) is 0 Å². The Morgan fingerprint density at radius 1 is 0.440 bits per heavy atom. The number of carbonyl (C=O) groups is 2. The maximum absolute atomic E-state index is 13.0. The zero-order valence-corrected chi connectivity index (χ0v) is 54.6. The molecule has 0 aliphatic carbocycles. The summed E-state index contributed by atoms with van der Waals surface area (Å²) in [5.74, 6) is -0.183. The second-order valence-corrected chi connectivity index (χ2v) is 24.9. The number of esters is 1. The van der Waals surface area contributed by atoms with E-state index in [1.165, 1.54) is 250 Å². The molecule has 0 radical (unpaired) electrons. The van der Waals surface area contributed by atoms with Crippen LogP contribution in [0.25, 0.3) is 0 Å². The highest BCUT2D eigenvalue weighted by atomic mass is 16.7. The Morgan fingerprint density at radius 3 is 1.24 bits per heavy atom. The van der Waals surface area contributed by atoms with Gasteiger partial charge in [0.25, 0.3) is 0 Å². The first-order valence-corrected chi connectivity index (χ1v) is 35.9. The van der Waals surface area contributed by atoms with Crippen molar-refractivity contribution in [1.29, 1.82) is 0 Å². The number of aliphatic hydroxyl groups is 5. The lowest BCUT2D eigenvalue weighted by molar-refractivity contribution is -0.302. The lowest BCUT2D eigenvalue weighted by Gasteiger charge is -2.40. The summed E-state index contributed by atoms with van der Waals surface area (Å²) in [7, 11) is 0. The summed E-state index contributed by atoms with van der Waals surface area (Å²) in [6.45, 7) is 4.33. The third kappa shape index (κ3) is 50.6. The number of carbonyl (C=O) groups excluding carboxylic acids is 2. The maximum atomic E-state index is 13.0. The van der Waals surface area contributed by atoms with E-state index < -0.39 is 49.5 Å². The molecule has 0 spiro atoms. The van der Waals surface area contributed by atoms with E-state index in [1.54, 1.807) is 6.08 Å². The standard InChI is InChI=1S/C73H135NO10/c1-3-5-7-9-11-13-15-41-45-49-53-57-61-69(78)82-62-58-54-50-46-42-38-36-34-32-30-28-26-24-22-20-18-16-17-19-21-23-25-27-29-31-33-35-37-40-44-48-52-56-60-68(77)74-65(64-83-73-72(81)71(80)70(79)67(63-75)84-73)66(76)59-55-51-47-43-39-14-12-10-8-6-4-2/h11,13,20,22,26,28,55,59,65-67,70-73,75-76,79-81H,3-10,12,14-19,21,23-25,27,29-54,56-58,60-64H2,1-2H3,(H,74,77)/b13-11-,22-20-,28-26-,59-55+. The average molecular weight is 1190 g/mol. The molecule has 1 amide bonds. The Morgan fingerprint density at radius 2 is 0.798 bits per heavy atom. The van der Waals surface area contributed by atoms with E-state index in [0.717, 1.165) is 64.2 Å². The van der Waals surface area contributed by atoms with Crippen LogP contribution in [0.1, 0.15) is 341 Å². The number of amides is 1. The van der Waals surface area contributed by atoms with Gasteiger partial charge in [-0.25, -0.2) is 0 Å². The van der Waals surface area contributed by atoms with Crippen LogP contribution in [0.2, 0.25) is 0 Å². The minimum absolute atomic E-state index is 0.00328. The molecule has 0 aromatic rings. The molecule has 0 bridgehead atoms. The van der Waals surface area contributed by atoms with Crippen molar-refractivity contribution in [2.75, 3.05) is 19.8 Å². The summed E-state index contributed by atoms with van der Waals surface area (Å²) in [5, 5.41) is 54.4. The first-order valence-electron chi connectivity index (χ1n) is 35.9. The van der Waals surface area contributed by atoms with Gasteiger partial charge in [-0.15, -0.1) is 0 Å². The van der Waals surface area contributed by atoms with Crippen LogP contribution in [0.3, 0.4) is 0 Å². The Hall–Kier alpha value is -2.38. The molecular weight excluding hydrogens is 1050 g/mol. The van der Waals surface area contributed by atoms with Crippen LogP contribution < -0.4 is 5.32 Å². The monoisotopic (exact) mass is 1190 g/mol. The summed E-state index contributed by atoms with van der Waals surface area (Å²) < 4.78 is 16.7. The van der Waals surface area contributed by atoms with Crippen LogP contribution in [0.5, 0.6) is 0 Å². The molecule has 0 aromatic carbocycles. The van der Waals surface area contributed by atoms with Gasteiger partial charge in [0, 0.05) is 12.8 Å². The molecule has 0 aromatic heterocycles. The largest absolute Gasteiger partial charge is 0.466 e. The number of nitrogens with one attached hydrogen (secondary N) is 1. The highest BCUT2D eigenvalue weighted by Crippen LogP contribution is 2.23. The summed E-state index contributed by atoms with van der Waals surface area (Å²) in [6, 6.07) is -0.808.